The van der Waals surface area contributed by atoms with Crippen molar-refractivity contribution in [2.45, 2.75) is 38.4 Å². The van der Waals surface area contributed by atoms with E-state index in [-0.39, 0.29) is 48.3 Å². The molecule has 1 saturated heterocycles. The van der Waals surface area contributed by atoms with Crippen molar-refractivity contribution in [2.24, 2.45) is 0 Å². The van der Waals surface area contributed by atoms with Crippen molar-refractivity contribution in [1.29, 1.82) is 0 Å². The van der Waals surface area contributed by atoms with Crippen LogP contribution in [0.1, 0.15) is 51.7 Å². The number of aryl methyl sites for hydroxylation is 1. The highest BCUT2D eigenvalue weighted by molar-refractivity contribution is 7.10. The summed E-state index contributed by atoms with van der Waals surface area (Å²) in [6, 6.07) is 4.38. The monoisotopic (exact) mass is 543 g/mol. The second kappa shape index (κ2) is 9.21. The Kier molecular flexibility index (Phi) is 5.95. The number of halogens is 2. The molecule has 1 aliphatic carbocycles. The first-order valence-electron chi connectivity index (χ1n) is 12.1. The quantitative estimate of drug-likeness (QED) is 0.384. The lowest BCUT2D eigenvalue weighted by Gasteiger charge is -2.42. The molecule has 1 saturated carbocycles. The maximum absolute atomic E-state index is 16.2. The van der Waals surface area contributed by atoms with E-state index in [1.165, 1.54) is 22.1 Å². The van der Waals surface area contributed by atoms with Crippen molar-refractivity contribution < 1.29 is 27.5 Å². The molecule has 2 fully saturated rings. The molecule has 2 aliphatic rings. The van der Waals surface area contributed by atoms with Gasteiger partial charge in [-0.05, 0) is 37.3 Å². The number of carboxylic acid groups (broad SMARTS) is 1. The van der Waals surface area contributed by atoms with Crippen LogP contribution < -0.4 is 16.2 Å². The van der Waals surface area contributed by atoms with Gasteiger partial charge in [-0.1, -0.05) is 6.07 Å². The second-order valence-corrected chi connectivity index (χ2v) is 10.6. The van der Waals surface area contributed by atoms with Gasteiger partial charge in [-0.3, -0.25) is 9.69 Å². The molecule has 0 radical (unpaired) electrons. The van der Waals surface area contributed by atoms with Crippen molar-refractivity contribution in [2.75, 3.05) is 24.5 Å². The smallest absolute Gasteiger partial charge is 0.477 e. The number of rotatable bonds is 6. The molecule has 4 aromatic rings. The number of hydrogen-bond acceptors (Lipinski definition) is 8. The number of pyridine rings is 1. The van der Waals surface area contributed by atoms with Crippen LogP contribution in [0, 0.1) is 18.6 Å². The van der Waals surface area contributed by atoms with Crippen LogP contribution in [0.2, 0.25) is 0 Å². The van der Waals surface area contributed by atoms with E-state index in [1.54, 1.807) is 11.8 Å². The molecule has 0 amide bonds. The molecular formula is C26H23F2N3O6S. The number of nitrogens with zero attached hydrogens (tertiary/aromatic N) is 3. The lowest BCUT2D eigenvalue weighted by atomic mass is 10.1. The average Bonchev–Trinajstić information content (AvgIpc) is 3.47. The van der Waals surface area contributed by atoms with Crippen LogP contribution in [-0.2, 0) is 6.54 Å². The molecule has 4 heterocycles. The van der Waals surface area contributed by atoms with Crippen molar-refractivity contribution in [1.82, 2.24) is 9.47 Å². The fourth-order valence-corrected chi connectivity index (χ4v) is 6.03. The third-order valence-corrected chi connectivity index (χ3v) is 8.19. The highest BCUT2D eigenvalue weighted by Crippen LogP contribution is 2.41. The van der Waals surface area contributed by atoms with Crippen LogP contribution in [0.25, 0.3) is 10.9 Å². The topological polar surface area (TPSA) is 109 Å². The first kappa shape index (κ1) is 24.6. The van der Waals surface area contributed by atoms with Crippen molar-refractivity contribution in [3.05, 3.63) is 84.2 Å². The summed E-state index contributed by atoms with van der Waals surface area (Å²) in [4.78, 5) is 40.7. The number of hydrogen-bond donors (Lipinski definition) is 1. The molecule has 3 aromatic heterocycles. The summed E-state index contributed by atoms with van der Waals surface area (Å²) in [5.41, 5.74) is -1.75. The molecule has 1 aliphatic heterocycles. The van der Waals surface area contributed by atoms with Gasteiger partial charge in [0.25, 0.3) is 0 Å². The van der Waals surface area contributed by atoms with Crippen LogP contribution in [0.5, 0.6) is 0 Å². The summed E-state index contributed by atoms with van der Waals surface area (Å²) in [7, 11) is 0. The number of aromatic nitrogens is 1. The van der Waals surface area contributed by atoms with E-state index in [0.717, 1.165) is 10.9 Å². The van der Waals surface area contributed by atoms with Gasteiger partial charge in [-0.2, -0.15) is 0 Å². The number of carbonyl (C=O) groups is 1. The van der Waals surface area contributed by atoms with Gasteiger partial charge in [0, 0.05) is 36.8 Å². The van der Waals surface area contributed by atoms with Crippen molar-refractivity contribution >= 4 is 33.9 Å². The first-order valence-corrected chi connectivity index (χ1v) is 13.0. The maximum Gasteiger partial charge on any atom is 0.519 e. The molecule has 0 spiro atoms. The van der Waals surface area contributed by atoms with Gasteiger partial charge in [0.05, 0.1) is 23.5 Å². The van der Waals surface area contributed by atoms with Gasteiger partial charge >= 0.3 is 11.8 Å². The van der Waals surface area contributed by atoms with Gasteiger partial charge in [-0.25, -0.2) is 18.4 Å². The number of thiophene rings is 1. The van der Waals surface area contributed by atoms with E-state index in [1.807, 2.05) is 17.5 Å². The van der Waals surface area contributed by atoms with E-state index in [2.05, 4.69) is 4.90 Å². The predicted molar refractivity (Wildman–Crippen MR) is 135 cm³/mol. The zero-order valence-electron chi connectivity index (χ0n) is 20.3. The second-order valence-electron chi connectivity index (χ2n) is 9.61. The minimum Gasteiger partial charge on any atom is -0.477 e. The highest BCUT2D eigenvalue weighted by Gasteiger charge is 2.35. The van der Waals surface area contributed by atoms with Crippen molar-refractivity contribution in [3.63, 3.8) is 0 Å². The number of anilines is 1. The summed E-state index contributed by atoms with van der Waals surface area (Å²) in [6.07, 6.45) is 2.60. The Hall–Kier alpha value is -3.77. The summed E-state index contributed by atoms with van der Waals surface area (Å²) >= 11 is 1.51. The molecule has 198 valence electrons. The van der Waals surface area contributed by atoms with Gasteiger partial charge < -0.3 is 23.4 Å². The lowest BCUT2D eigenvalue weighted by Crippen LogP contribution is -2.48. The molecule has 1 atom stereocenters. The number of carboxylic acids is 1. The molecule has 38 heavy (non-hydrogen) atoms. The van der Waals surface area contributed by atoms with E-state index in [4.69, 9.17) is 8.83 Å². The zero-order valence-corrected chi connectivity index (χ0v) is 21.1. The largest absolute Gasteiger partial charge is 0.519 e. The first-order chi connectivity index (χ1) is 18.2. The Morgan fingerprint density at radius 3 is 2.63 bits per heavy atom. The van der Waals surface area contributed by atoms with Gasteiger partial charge in [0.15, 0.2) is 11.6 Å². The molecule has 1 N–H and O–H groups in total. The third kappa shape index (κ3) is 4.13. The Morgan fingerprint density at radius 2 is 2.00 bits per heavy atom. The van der Waals surface area contributed by atoms with Gasteiger partial charge in [0.1, 0.15) is 22.8 Å². The maximum atomic E-state index is 16.2. The fraction of sp³-hybridized carbons (Fsp3) is 0.346. The molecule has 9 nitrogen and oxygen atoms in total. The molecule has 0 bridgehead atoms. The zero-order chi connectivity index (χ0) is 26.7. The average molecular weight is 544 g/mol. The minimum absolute atomic E-state index is 0.0789. The Bertz CT molecular complexity index is 1670. The SMILES string of the molecule is Cc1oc(=O)oc1CN1CCN(c2c(F)cc3c(=O)c(C(=O)O)cn(C4CC4)c3c2F)CC1c1cccs1. The van der Waals surface area contributed by atoms with E-state index >= 15 is 8.78 Å². The normalized spacial score (nSPS) is 18.4. The Labute approximate surface area is 218 Å². The number of piperazine rings is 1. The fourth-order valence-electron chi connectivity index (χ4n) is 5.18. The molecule has 6 rings (SSSR count). The summed E-state index contributed by atoms with van der Waals surface area (Å²) < 4.78 is 43.4. The summed E-state index contributed by atoms with van der Waals surface area (Å²) in [5.74, 6) is -3.24. The Balaban J connectivity index is 1.42. The van der Waals surface area contributed by atoms with Crippen molar-refractivity contribution in [3.8, 4) is 0 Å². The molecular weight excluding hydrogens is 520 g/mol. The summed E-state index contributed by atoms with van der Waals surface area (Å²) in [6.45, 7) is 2.84. The molecule has 1 unspecified atom stereocenters. The van der Waals surface area contributed by atoms with Crippen LogP contribution >= 0.6 is 11.3 Å². The standard InChI is InChI=1S/C26H23F2N3O6S/c1-13-19(37-26(35)36-13)12-29-6-7-30(11-18(29)20-3-2-8-38-20)23-17(27)9-15-22(21(23)28)31(14-4-5-14)10-16(24(15)32)25(33)34/h2-3,8-10,14,18H,4-7,11-12H2,1H3,(H,33,34). The lowest BCUT2D eigenvalue weighted by molar-refractivity contribution is 0.0694. The third-order valence-electron chi connectivity index (χ3n) is 7.22. The van der Waals surface area contributed by atoms with Gasteiger partial charge in [-0.15, -0.1) is 11.3 Å². The van der Waals surface area contributed by atoms with Crippen LogP contribution in [0.15, 0.2) is 48.2 Å². The number of aromatic carboxylic acids is 1. The van der Waals surface area contributed by atoms with Crippen LogP contribution in [0.3, 0.4) is 0 Å². The van der Waals surface area contributed by atoms with E-state index in [0.29, 0.717) is 30.9 Å². The number of fused-ring (bicyclic) bond motifs is 1. The molecule has 12 heteroatoms. The Morgan fingerprint density at radius 1 is 1.21 bits per heavy atom. The van der Waals surface area contributed by atoms with Crippen LogP contribution in [0.4, 0.5) is 14.5 Å². The number of benzene rings is 1. The predicted octanol–water partition coefficient (Wildman–Crippen LogP) is 4.29. The molecule has 1 aromatic carbocycles. The van der Waals surface area contributed by atoms with E-state index < -0.39 is 34.4 Å². The van der Waals surface area contributed by atoms with Crippen LogP contribution in [-0.4, -0.2) is 40.2 Å². The summed E-state index contributed by atoms with van der Waals surface area (Å²) in [5, 5.41) is 11.1. The van der Waals surface area contributed by atoms with E-state index in [9.17, 15) is 19.5 Å². The highest BCUT2D eigenvalue weighted by atomic mass is 32.1. The minimum atomic E-state index is -1.44. The van der Waals surface area contributed by atoms with Gasteiger partial charge in [0.2, 0.25) is 5.43 Å².